The van der Waals surface area contributed by atoms with Gasteiger partial charge in [-0.15, -0.1) is 0 Å². The van der Waals surface area contributed by atoms with Crippen LogP contribution in [0.15, 0.2) is 78.0 Å². The summed E-state index contributed by atoms with van der Waals surface area (Å²) < 4.78 is 68.7. The fraction of sp³-hybridized carbons (Fsp3) is 0.320. The number of hydroxylamine groups is 2. The van der Waals surface area contributed by atoms with Crippen molar-refractivity contribution in [2.75, 3.05) is 20.2 Å². The predicted molar refractivity (Wildman–Crippen MR) is 123 cm³/mol. The molecule has 10 heteroatoms. The normalized spacial score (nSPS) is 23.8. The molecule has 2 aliphatic heterocycles. The Kier molecular flexibility index (Phi) is 6.16. The first-order valence-corrected chi connectivity index (χ1v) is 12.6. The molecule has 0 spiro atoms. The van der Waals surface area contributed by atoms with E-state index in [9.17, 15) is 21.6 Å². The van der Waals surface area contributed by atoms with Gasteiger partial charge in [0.1, 0.15) is 0 Å². The summed E-state index contributed by atoms with van der Waals surface area (Å²) in [5.41, 5.74) is 1.64. The van der Waals surface area contributed by atoms with E-state index in [0.717, 1.165) is 28.8 Å². The Balaban J connectivity index is 1.53. The van der Waals surface area contributed by atoms with Crippen LogP contribution in [0.3, 0.4) is 0 Å². The van der Waals surface area contributed by atoms with Gasteiger partial charge in [-0.25, -0.2) is 8.42 Å². The summed E-state index contributed by atoms with van der Waals surface area (Å²) in [6.45, 7) is 0.519. The minimum absolute atomic E-state index is 0.00552. The fourth-order valence-electron chi connectivity index (χ4n) is 4.90. The number of hydrogen-bond donors (Lipinski definition) is 0. The number of aromatic nitrogens is 1. The highest BCUT2D eigenvalue weighted by molar-refractivity contribution is 7.89. The van der Waals surface area contributed by atoms with Gasteiger partial charge < -0.3 is 0 Å². The molecule has 5 rings (SSSR count). The number of rotatable bonds is 4. The number of sulfonamides is 1. The molecule has 3 atom stereocenters. The summed E-state index contributed by atoms with van der Waals surface area (Å²) in [6, 6.07) is 14.7. The van der Waals surface area contributed by atoms with Gasteiger partial charge in [0, 0.05) is 37.9 Å². The number of hydrogen-bond acceptors (Lipinski definition) is 5. The number of pyridine rings is 1. The van der Waals surface area contributed by atoms with Crippen molar-refractivity contribution in [3.05, 3.63) is 84.2 Å². The van der Waals surface area contributed by atoms with Gasteiger partial charge in [0.05, 0.1) is 23.1 Å². The standard InChI is InChI=1S/C25H24F3N3O3S/c1-30-23-13-24(18-9-7-17(8-10-18)19-4-3-11-29-14-19)31(15-20(23)16-34-30)35(32,33)22-6-2-5-21(12-22)25(26,27)28/h2-12,14,20,23-24H,13,15-16H2,1H3/t20-,23-,24-/m0/s1. The molecule has 6 nitrogen and oxygen atoms in total. The van der Waals surface area contributed by atoms with Crippen LogP contribution in [0.1, 0.15) is 23.6 Å². The van der Waals surface area contributed by atoms with Crippen LogP contribution >= 0.6 is 0 Å². The zero-order valence-corrected chi connectivity index (χ0v) is 19.7. The van der Waals surface area contributed by atoms with Crippen LogP contribution < -0.4 is 0 Å². The smallest absolute Gasteiger partial charge is 0.299 e. The summed E-state index contributed by atoms with van der Waals surface area (Å²) in [7, 11) is -2.39. The first-order valence-electron chi connectivity index (χ1n) is 11.2. The fourth-order valence-corrected chi connectivity index (χ4v) is 6.63. The van der Waals surface area contributed by atoms with Crippen molar-refractivity contribution >= 4 is 10.0 Å². The summed E-state index contributed by atoms with van der Waals surface area (Å²) in [6.07, 6.45) is -0.740. The maximum absolute atomic E-state index is 13.7. The second kappa shape index (κ2) is 9.02. The first-order chi connectivity index (χ1) is 16.6. The largest absolute Gasteiger partial charge is 0.416 e. The molecule has 1 aromatic heterocycles. The van der Waals surface area contributed by atoms with E-state index in [2.05, 4.69) is 4.98 Å². The maximum Gasteiger partial charge on any atom is 0.416 e. The average Bonchev–Trinajstić information content (AvgIpc) is 3.23. The van der Waals surface area contributed by atoms with E-state index in [0.29, 0.717) is 19.1 Å². The van der Waals surface area contributed by atoms with Gasteiger partial charge in [0.25, 0.3) is 0 Å². The average molecular weight is 504 g/mol. The molecule has 0 amide bonds. The van der Waals surface area contributed by atoms with Crippen LogP contribution in [0, 0.1) is 5.92 Å². The Morgan fingerprint density at radius 1 is 1.03 bits per heavy atom. The lowest BCUT2D eigenvalue weighted by Crippen LogP contribution is -2.49. The molecule has 184 valence electrons. The molecule has 35 heavy (non-hydrogen) atoms. The van der Waals surface area contributed by atoms with Gasteiger partial charge in [0.15, 0.2) is 0 Å². The minimum Gasteiger partial charge on any atom is -0.299 e. The van der Waals surface area contributed by atoms with Crippen molar-refractivity contribution in [2.24, 2.45) is 5.92 Å². The lowest BCUT2D eigenvalue weighted by molar-refractivity contribution is -0.137. The summed E-state index contributed by atoms with van der Waals surface area (Å²) in [5, 5.41) is 1.76. The van der Waals surface area contributed by atoms with Gasteiger partial charge in [-0.05, 0) is 47.4 Å². The van der Waals surface area contributed by atoms with E-state index >= 15 is 0 Å². The summed E-state index contributed by atoms with van der Waals surface area (Å²) >= 11 is 0. The third-order valence-electron chi connectivity index (χ3n) is 6.79. The Bertz CT molecular complexity index is 1300. The molecular weight excluding hydrogens is 479 g/mol. The van der Waals surface area contributed by atoms with Crippen LogP contribution in [-0.4, -0.2) is 49.0 Å². The van der Waals surface area contributed by atoms with E-state index in [1.54, 1.807) is 17.5 Å². The van der Waals surface area contributed by atoms with Crippen LogP contribution in [0.25, 0.3) is 11.1 Å². The summed E-state index contributed by atoms with van der Waals surface area (Å²) in [4.78, 5) is 9.42. The highest BCUT2D eigenvalue weighted by Gasteiger charge is 2.47. The predicted octanol–water partition coefficient (Wildman–Crippen LogP) is 4.76. The molecular formula is C25H24F3N3O3S. The van der Waals surface area contributed by atoms with Crippen LogP contribution in [0.5, 0.6) is 0 Å². The lowest BCUT2D eigenvalue weighted by Gasteiger charge is -2.41. The highest BCUT2D eigenvalue weighted by atomic mass is 32.2. The third-order valence-corrected chi connectivity index (χ3v) is 8.66. The van der Waals surface area contributed by atoms with Crippen molar-refractivity contribution in [3.63, 3.8) is 0 Å². The zero-order chi connectivity index (χ0) is 24.8. The minimum atomic E-state index is -4.64. The highest BCUT2D eigenvalue weighted by Crippen LogP contribution is 2.42. The molecule has 2 fully saturated rings. The van der Waals surface area contributed by atoms with E-state index in [4.69, 9.17) is 4.84 Å². The maximum atomic E-state index is 13.7. The molecule has 0 N–H and O–H groups in total. The number of halogens is 3. The molecule has 0 unspecified atom stereocenters. The van der Waals surface area contributed by atoms with Crippen LogP contribution in [0.4, 0.5) is 13.2 Å². The molecule has 3 aromatic rings. The van der Waals surface area contributed by atoms with Crippen LogP contribution in [-0.2, 0) is 21.0 Å². The van der Waals surface area contributed by atoms with Gasteiger partial charge >= 0.3 is 6.18 Å². The van der Waals surface area contributed by atoms with Gasteiger partial charge in [-0.3, -0.25) is 9.82 Å². The second-order valence-electron chi connectivity index (χ2n) is 8.88. The number of nitrogens with zero attached hydrogens (tertiary/aromatic N) is 3. The van der Waals surface area contributed by atoms with Gasteiger partial charge in [0.2, 0.25) is 10.0 Å². The number of fused-ring (bicyclic) bond motifs is 1. The number of piperidine rings is 1. The monoisotopic (exact) mass is 503 g/mol. The van der Waals surface area contributed by atoms with E-state index in [-0.39, 0.29) is 23.4 Å². The lowest BCUT2D eigenvalue weighted by atomic mass is 9.87. The molecule has 2 aromatic carbocycles. The van der Waals surface area contributed by atoms with Crippen molar-refractivity contribution < 1.29 is 26.4 Å². The molecule has 0 radical (unpaired) electrons. The van der Waals surface area contributed by atoms with Crippen molar-refractivity contribution in [2.45, 2.75) is 29.6 Å². The first kappa shape index (κ1) is 23.9. The molecule has 3 heterocycles. The topological polar surface area (TPSA) is 62.7 Å². The van der Waals surface area contributed by atoms with Crippen LogP contribution in [0.2, 0.25) is 0 Å². The molecule has 0 saturated carbocycles. The Morgan fingerprint density at radius 2 is 1.80 bits per heavy atom. The quantitative estimate of drug-likeness (QED) is 0.514. The SMILES string of the molecule is CN1OC[C@@H]2CN(S(=O)(=O)c3cccc(C(F)(F)F)c3)[C@H](c3ccc(-c4cccnc4)cc3)C[C@@H]21. The zero-order valence-electron chi connectivity index (χ0n) is 18.9. The molecule has 2 aliphatic rings. The Morgan fingerprint density at radius 3 is 2.49 bits per heavy atom. The van der Waals surface area contributed by atoms with Crippen molar-refractivity contribution in [1.82, 2.24) is 14.4 Å². The van der Waals surface area contributed by atoms with Crippen molar-refractivity contribution in [1.29, 1.82) is 0 Å². The van der Waals surface area contributed by atoms with Gasteiger partial charge in [-0.2, -0.15) is 22.5 Å². The Labute approximate surface area is 202 Å². The Hall–Kier alpha value is -2.79. The van der Waals surface area contributed by atoms with E-state index < -0.39 is 27.8 Å². The van der Waals surface area contributed by atoms with Gasteiger partial charge in [-0.1, -0.05) is 36.4 Å². The number of benzene rings is 2. The van der Waals surface area contributed by atoms with Crippen molar-refractivity contribution in [3.8, 4) is 11.1 Å². The molecule has 0 bridgehead atoms. The van der Waals surface area contributed by atoms with E-state index in [1.807, 2.05) is 43.4 Å². The summed E-state index contributed by atoms with van der Waals surface area (Å²) in [5.74, 6) is -0.0773. The second-order valence-corrected chi connectivity index (χ2v) is 10.8. The molecule has 2 saturated heterocycles. The third kappa shape index (κ3) is 4.58. The van der Waals surface area contributed by atoms with E-state index in [1.165, 1.54) is 10.4 Å². The number of alkyl halides is 3. The molecule has 0 aliphatic carbocycles.